The van der Waals surface area contributed by atoms with Crippen molar-refractivity contribution in [3.05, 3.63) is 47.5 Å². The number of hydrogen-bond donors (Lipinski definition) is 3. The molecule has 2 aromatic rings. The van der Waals surface area contributed by atoms with Gasteiger partial charge in [-0.05, 0) is 54.8 Å². The van der Waals surface area contributed by atoms with Crippen molar-refractivity contribution in [1.29, 1.82) is 5.26 Å². The van der Waals surface area contributed by atoms with Gasteiger partial charge in [-0.1, -0.05) is 24.3 Å². The van der Waals surface area contributed by atoms with Crippen LogP contribution in [0.5, 0.6) is 0 Å². The van der Waals surface area contributed by atoms with Crippen LogP contribution < -0.4 is 4.90 Å². The smallest absolute Gasteiger partial charge is 0.173 e. The third-order valence-corrected chi connectivity index (χ3v) is 5.61. The van der Waals surface area contributed by atoms with Crippen LogP contribution in [0.25, 0.3) is 16.8 Å². The van der Waals surface area contributed by atoms with Crippen LogP contribution in [0.1, 0.15) is 37.7 Å². The number of nitrogens with zero attached hydrogens (tertiary/aromatic N) is 2. The second-order valence-electron chi connectivity index (χ2n) is 7.75. The Bertz CT molecular complexity index is 957. The minimum Gasteiger partial charge on any atom is -0.394 e. The lowest BCUT2D eigenvalue weighted by atomic mass is 9.99. The molecule has 1 aliphatic rings. The maximum Gasteiger partial charge on any atom is 0.173 e. The van der Waals surface area contributed by atoms with Gasteiger partial charge < -0.3 is 20.2 Å². The van der Waals surface area contributed by atoms with Crippen LogP contribution in [0.4, 0.5) is 5.69 Å². The molecule has 0 spiro atoms. The van der Waals surface area contributed by atoms with Gasteiger partial charge in [0.15, 0.2) is 5.78 Å². The number of anilines is 1. The molecule has 0 amide bonds. The highest BCUT2D eigenvalue weighted by Crippen LogP contribution is 2.30. The molecule has 0 bridgehead atoms. The Morgan fingerprint density at radius 2 is 1.90 bits per heavy atom. The molecule has 3 N–H and O–H groups in total. The van der Waals surface area contributed by atoms with Crippen molar-refractivity contribution in [2.75, 3.05) is 24.6 Å². The topological polar surface area (TPSA) is 105 Å². The molecule has 1 saturated heterocycles. The van der Waals surface area contributed by atoms with Gasteiger partial charge in [0.2, 0.25) is 0 Å². The molecular formula is C24H28N2O4. The van der Waals surface area contributed by atoms with Gasteiger partial charge in [0, 0.05) is 30.6 Å². The van der Waals surface area contributed by atoms with E-state index in [9.17, 15) is 20.3 Å². The van der Waals surface area contributed by atoms with E-state index < -0.39 is 24.6 Å². The SMILES string of the molecule is N#C/C(=C\c1ccc2cccc(N3CCCCC3)c2c1)C(=O)CCC(O)C(O)CO. The number of aliphatic hydroxyl groups is 3. The van der Waals surface area contributed by atoms with Gasteiger partial charge in [0.05, 0.1) is 18.3 Å². The first-order valence-electron chi connectivity index (χ1n) is 10.4. The molecule has 2 atom stereocenters. The minimum absolute atomic E-state index is 0.00971. The van der Waals surface area contributed by atoms with E-state index in [-0.39, 0.29) is 18.4 Å². The molecule has 3 rings (SSSR count). The van der Waals surface area contributed by atoms with Gasteiger partial charge in [-0.15, -0.1) is 0 Å². The summed E-state index contributed by atoms with van der Waals surface area (Å²) in [5.41, 5.74) is 1.96. The molecule has 0 radical (unpaired) electrons. The summed E-state index contributed by atoms with van der Waals surface area (Å²) in [6.45, 7) is 1.49. The van der Waals surface area contributed by atoms with Gasteiger partial charge >= 0.3 is 0 Å². The number of benzene rings is 2. The first-order chi connectivity index (χ1) is 14.5. The predicted octanol–water partition coefficient (Wildman–Crippen LogP) is 2.80. The fraction of sp³-hybridized carbons (Fsp3) is 0.417. The monoisotopic (exact) mass is 408 g/mol. The Hall–Kier alpha value is -2.72. The Kier molecular flexibility index (Phi) is 7.58. The Morgan fingerprint density at radius 3 is 2.60 bits per heavy atom. The lowest BCUT2D eigenvalue weighted by molar-refractivity contribution is -0.116. The third kappa shape index (κ3) is 5.25. The summed E-state index contributed by atoms with van der Waals surface area (Å²) in [6, 6.07) is 14.1. The highest BCUT2D eigenvalue weighted by atomic mass is 16.4. The van der Waals surface area contributed by atoms with Crippen LogP contribution in [0.3, 0.4) is 0 Å². The maximum absolute atomic E-state index is 12.4. The molecule has 1 heterocycles. The summed E-state index contributed by atoms with van der Waals surface area (Å²) in [7, 11) is 0. The second kappa shape index (κ2) is 10.4. The normalized spacial score (nSPS) is 16.9. The largest absolute Gasteiger partial charge is 0.394 e. The standard InChI is InChI=1S/C24H28N2O4/c25-15-19(22(28)9-10-23(29)24(30)16-27)13-17-7-8-18-5-4-6-21(20(18)14-17)26-11-2-1-3-12-26/h4-8,13-14,23-24,27,29-30H,1-3,9-12,16H2/b19-13+. The van der Waals surface area contributed by atoms with Crippen LogP contribution in [0, 0.1) is 11.3 Å². The molecule has 0 aromatic heterocycles. The molecule has 6 heteroatoms. The number of fused-ring (bicyclic) bond motifs is 1. The average Bonchev–Trinajstić information content (AvgIpc) is 2.80. The van der Waals surface area contributed by atoms with Crippen molar-refractivity contribution in [3.8, 4) is 6.07 Å². The minimum atomic E-state index is -1.29. The molecule has 158 valence electrons. The summed E-state index contributed by atoms with van der Waals surface area (Å²) < 4.78 is 0. The van der Waals surface area contributed by atoms with Crippen LogP contribution in [-0.2, 0) is 4.79 Å². The summed E-state index contributed by atoms with van der Waals surface area (Å²) in [5.74, 6) is -0.397. The lowest BCUT2D eigenvalue weighted by Gasteiger charge is -2.30. The quantitative estimate of drug-likeness (QED) is 0.458. The van der Waals surface area contributed by atoms with E-state index in [0.717, 1.165) is 29.4 Å². The van der Waals surface area contributed by atoms with Crippen molar-refractivity contribution in [1.82, 2.24) is 0 Å². The maximum atomic E-state index is 12.4. The van der Waals surface area contributed by atoms with Crippen molar-refractivity contribution in [2.45, 2.75) is 44.3 Å². The summed E-state index contributed by atoms with van der Waals surface area (Å²) in [6.07, 6.45) is 2.60. The van der Waals surface area contributed by atoms with E-state index in [0.29, 0.717) is 0 Å². The van der Waals surface area contributed by atoms with Crippen LogP contribution in [0.15, 0.2) is 42.0 Å². The van der Waals surface area contributed by atoms with Gasteiger partial charge in [0.1, 0.15) is 12.2 Å². The first-order valence-corrected chi connectivity index (χ1v) is 10.4. The summed E-state index contributed by atoms with van der Waals surface area (Å²) >= 11 is 0. The van der Waals surface area contributed by atoms with Crippen LogP contribution in [-0.4, -0.2) is 53.0 Å². The molecule has 30 heavy (non-hydrogen) atoms. The number of Topliss-reactive ketones (excluding diaryl/α,β-unsaturated/α-hetero) is 1. The van der Waals surface area contributed by atoms with E-state index in [1.54, 1.807) is 6.08 Å². The molecule has 1 fully saturated rings. The number of aliphatic hydroxyl groups excluding tert-OH is 3. The number of rotatable bonds is 8. The zero-order valence-electron chi connectivity index (χ0n) is 17.0. The molecule has 6 nitrogen and oxygen atoms in total. The predicted molar refractivity (Wildman–Crippen MR) is 117 cm³/mol. The zero-order valence-corrected chi connectivity index (χ0v) is 17.0. The number of ketones is 1. The van der Waals surface area contributed by atoms with Crippen molar-refractivity contribution >= 4 is 28.3 Å². The lowest BCUT2D eigenvalue weighted by Crippen LogP contribution is -2.29. The van der Waals surface area contributed by atoms with Gasteiger partial charge in [0.25, 0.3) is 0 Å². The highest BCUT2D eigenvalue weighted by molar-refractivity contribution is 6.04. The molecule has 2 unspecified atom stereocenters. The van der Waals surface area contributed by atoms with Crippen LogP contribution in [0.2, 0.25) is 0 Å². The Balaban J connectivity index is 1.83. The number of allylic oxidation sites excluding steroid dienone is 1. The van der Waals surface area contributed by atoms with Gasteiger partial charge in [-0.2, -0.15) is 5.26 Å². The third-order valence-electron chi connectivity index (χ3n) is 5.61. The number of nitriles is 1. The molecular weight excluding hydrogens is 380 g/mol. The van der Waals surface area contributed by atoms with E-state index in [2.05, 4.69) is 23.1 Å². The molecule has 0 saturated carbocycles. The van der Waals surface area contributed by atoms with Crippen molar-refractivity contribution < 1.29 is 20.1 Å². The fourth-order valence-corrected chi connectivity index (χ4v) is 3.84. The van der Waals surface area contributed by atoms with Gasteiger partial charge in [-0.25, -0.2) is 0 Å². The van der Waals surface area contributed by atoms with E-state index in [1.165, 1.54) is 24.9 Å². The van der Waals surface area contributed by atoms with E-state index in [1.807, 2.05) is 24.3 Å². The van der Waals surface area contributed by atoms with E-state index >= 15 is 0 Å². The summed E-state index contributed by atoms with van der Waals surface area (Å²) in [4.78, 5) is 14.8. The summed E-state index contributed by atoms with van der Waals surface area (Å²) in [5, 5.41) is 39.6. The Labute approximate surface area is 176 Å². The first kappa shape index (κ1) is 22.0. The number of carbonyl (C=O) groups excluding carboxylic acids is 1. The van der Waals surface area contributed by atoms with Crippen molar-refractivity contribution in [3.63, 3.8) is 0 Å². The molecule has 0 aliphatic carbocycles. The average molecular weight is 408 g/mol. The number of piperidine rings is 1. The highest BCUT2D eigenvalue weighted by Gasteiger charge is 2.18. The molecule has 2 aromatic carbocycles. The number of carbonyl (C=O) groups is 1. The Morgan fingerprint density at radius 1 is 1.13 bits per heavy atom. The molecule has 1 aliphatic heterocycles. The van der Waals surface area contributed by atoms with Crippen molar-refractivity contribution in [2.24, 2.45) is 0 Å². The second-order valence-corrected chi connectivity index (χ2v) is 7.75. The van der Waals surface area contributed by atoms with Crippen LogP contribution >= 0.6 is 0 Å². The number of hydrogen-bond acceptors (Lipinski definition) is 6. The fourth-order valence-electron chi connectivity index (χ4n) is 3.84. The van der Waals surface area contributed by atoms with Gasteiger partial charge in [-0.3, -0.25) is 4.79 Å². The van der Waals surface area contributed by atoms with E-state index in [4.69, 9.17) is 5.11 Å². The zero-order chi connectivity index (χ0) is 21.5.